The van der Waals surface area contributed by atoms with E-state index in [1.54, 1.807) is 60.5 Å². The van der Waals surface area contributed by atoms with Crippen molar-refractivity contribution in [3.63, 3.8) is 0 Å². The molecule has 110 valence electrons. The molecule has 0 fully saturated rings. The van der Waals surface area contributed by atoms with Gasteiger partial charge in [0.15, 0.2) is 0 Å². The summed E-state index contributed by atoms with van der Waals surface area (Å²) in [6.07, 6.45) is 0. The predicted octanol–water partition coefficient (Wildman–Crippen LogP) is 3.46. The number of benzene rings is 2. The number of nitrogens with one attached hydrogen (secondary N) is 1. The second kappa shape index (κ2) is 6.65. The Kier molecular flexibility index (Phi) is 4.66. The van der Waals surface area contributed by atoms with Crippen molar-refractivity contribution < 1.29 is 14.6 Å². The van der Waals surface area contributed by atoms with Crippen molar-refractivity contribution >= 4 is 17.4 Å². The fourth-order valence-electron chi connectivity index (χ4n) is 1.97. The van der Waals surface area contributed by atoms with Crippen molar-refractivity contribution in [2.75, 3.05) is 23.9 Å². The summed E-state index contributed by atoms with van der Waals surface area (Å²) in [4.78, 5) is 13.9. The predicted molar refractivity (Wildman–Crippen MR) is 83.1 cm³/mol. The van der Waals surface area contributed by atoms with E-state index in [1.807, 2.05) is 6.92 Å². The van der Waals surface area contributed by atoms with Crippen LogP contribution in [0.2, 0.25) is 0 Å². The molecule has 0 bridgehead atoms. The van der Waals surface area contributed by atoms with Gasteiger partial charge in [-0.25, -0.2) is 4.79 Å². The number of aromatic hydroxyl groups is 1. The van der Waals surface area contributed by atoms with Gasteiger partial charge in [-0.1, -0.05) is 6.07 Å². The zero-order valence-electron chi connectivity index (χ0n) is 12.0. The summed E-state index contributed by atoms with van der Waals surface area (Å²) in [5.74, 6) is 0.858. The highest BCUT2D eigenvalue weighted by Crippen LogP contribution is 2.21. The van der Waals surface area contributed by atoms with Crippen molar-refractivity contribution in [1.82, 2.24) is 0 Å². The molecule has 2 aromatic rings. The minimum atomic E-state index is -0.256. The third kappa shape index (κ3) is 3.66. The molecule has 0 aliphatic carbocycles. The highest BCUT2D eigenvalue weighted by atomic mass is 16.5. The maximum Gasteiger partial charge on any atom is 0.326 e. The van der Waals surface area contributed by atoms with Crippen LogP contribution in [0.4, 0.5) is 16.2 Å². The Balaban J connectivity index is 2.12. The molecule has 21 heavy (non-hydrogen) atoms. The average molecular weight is 286 g/mol. The standard InChI is InChI=1S/C16H18N2O3/c1-3-18(13-5-4-6-14(19)11-13)16(20)17-12-7-9-15(21-2)10-8-12/h4-11,19H,3H2,1-2H3,(H,17,20). The van der Waals surface area contributed by atoms with Crippen molar-refractivity contribution in [3.8, 4) is 11.5 Å². The Morgan fingerprint density at radius 1 is 1.24 bits per heavy atom. The summed E-state index contributed by atoms with van der Waals surface area (Å²) < 4.78 is 5.07. The fourth-order valence-corrected chi connectivity index (χ4v) is 1.97. The molecule has 2 rings (SSSR count). The second-order valence-electron chi connectivity index (χ2n) is 4.42. The molecule has 0 radical (unpaired) electrons. The van der Waals surface area contributed by atoms with Crippen molar-refractivity contribution in [1.29, 1.82) is 0 Å². The number of carbonyl (C=O) groups is 1. The molecule has 0 aliphatic rings. The van der Waals surface area contributed by atoms with Crippen LogP contribution in [-0.2, 0) is 0 Å². The molecule has 2 N–H and O–H groups in total. The number of hydrogen-bond acceptors (Lipinski definition) is 3. The average Bonchev–Trinajstić information content (AvgIpc) is 2.49. The number of urea groups is 1. The smallest absolute Gasteiger partial charge is 0.326 e. The molecule has 0 aromatic heterocycles. The first-order valence-corrected chi connectivity index (χ1v) is 6.65. The summed E-state index contributed by atoms with van der Waals surface area (Å²) >= 11 is 0. The van der Waals surface area contributed by atoms with Crippen LogP contribution >= 0.6 is 0 Å². The van der Waals surface area contributed by atoms with E-state index in [-0.39, 0.29) is 11.8 Å². The van der Waals surface area contributed by atoms with Crippen LogP contribution in [0.1, 0.15) is 6.92 Å². The molecule has 0 atom stereocenters. The fraction of sp³-hybridized carbons (Fsp3) is 0.188. The first-order chi connectivity index (χ1) is 10.1. The Hall–Kier alpha value is -2.69. The van der Waals surface area contributed by atoms with Crippen LogP contribution in [0.15, 0.2) is 48.5 Å². The molecule has 0 saturated heterocycles. The van der Waals surface area contributed by atoms with Gasteiger partial charge in [0.25, 0.3) is 0 Å². The van der Waals surface area contributed by atoms with Gasteiger partial charge in [0.2, 0.25) is 0 Å². The van der Waals surface area contributed by atoms with Crippen LogP contribution in [0.25, 0.3) is 0 Å². The lowest BCUT2D eigenvalue weighted by Crippen LogP contribution is -2.34. The molecule has 5 nitrogen and oxygen atoms in total. The second-order valence-corrected chi connectivity index (χ2v) is 4.42. The third-order valence-electron chi connectivity index (χ3n) is 3.04. The van der Waals surface area contributed by atoms with E-state index in [9.17, 15) is 9.90 Å². The lowest BCUT2D eigenvalue weighted by atomic mass is 10.2. The molecular formula is C16H18N2O3. The Morgan fingerprint density at radius 2 is 1.95 bits per heavy atom. The summed E-state index contributed by atoms with van der Waals surface area (Å²) in [6, 6.07) is 13.4. The summed E-state index contributed by atoms with van der Waals surface area (Å²) in [5, 5.41) is 12.3. The zero-order chi connectivity index (χ0) is 15.2. The topological polar surface area (TPSA) is 61.8 Å². The number of phenolic OH excluding ortho intramolecular Hbond substituents is 1. The van der Waals surface area contributed by atoms with Gasteiger partial charge in [-0.15, -0.1) is 0 Å². The third-order valence-corrected chi connectivity index (χ3v) is 3.04. The highest BCUT2D eigenvalue weighted by molar-refractivity contribution is 6.01. The molecule has 0 saturated carbocycles. The quantitative estimate of drug-likeness (QED) is 0.904. The van der Waals surface area contributed by atoms with Crippen molar-refractivity contribution in [2.24, 2.45) is 0 Å². The molecule has 2 aromatic carbocycles. The molecule has 5 heteroatoms. The number of methoxy groups -OCH3 is 1. The van der Waals surface area contributed by atoms with Crippen LogP contribution in [0, 0.1) is 0 Å². The Bertz CT molecular complexity index is 611. The van der Waals surface area contributed by atoms with E-state index in [0.29, 0.717) is 17.9 Å². The molecule has 0 spiro atoms. The van der Waals surface area contributed by atoms with E-state index < -0.39 is 0 Å². The van der Waals surface area contributed by atoms with Gasteiger partial charge in [0.1, 0.15) is 11.5 Å². The number of hydrogen-bond donors (Lipinski definition) is 2. The molecule has 0 aliphatic heterocycles. The monoisotopic (exact) mass is 286 g/mol. The van der Waals surface area contributed by atoms with Crippen LogP contribution in [-0.4, -0.2) is 24.8 Å². The molecule has 0 heterocycles. The number of anilines is 2. The van der Waals surface area contributed by atoms with Crippen LogP contribution < -0.4 is 15.0 Å². The van der Waals surface area contributed by atoms with Crippen molar-refractivity contribution in [3.05, 3.63) is 48.5 Å². The van der Waals surface area contributed by atoms with E-state index in [2.05, 4.69) is 5.32 Å². The lowest BCUT2D eigenvalue weighted by Gasteiger charge is -2.21. The Morgan fingerprint density at radius 3 is 2.52 bits per heavy atom. The maximum atomic E-state index is 12.3. The first-order valence-electron chi connectivity index (χ1n) is 6.65. The van der Waals surface area contributed by atoms with Gasteiger partial charge in [-0.3, -0.25) is 4.90 Å². The van der Waals surface area contributed by atoms with E-state index in [1.165, 1.54) is 0 Å². The van der Waals surface area contributed by atoms with E-state index in [4.69, 9.17) is 4.74 Å². The minimum absolute atomic E-state index is 0.128. The number of carbonyl (C=O) groups excluding carboxylic acids is 1. The number of amides is 2. The normalized spacial score (nSPS) is 10.0. The van der Waals surface area contributed by atoms with E-state index >= 15 is 0 Å². The number of nitrogens with zero attached hydrogens (tertiary/aromatic N) is 1. The summed E-state index contributed by atoms with van der Waals surface area (Å²) in [5.41, 5.74) is 1.32. The van der Waals surface area contributed by atoms with Crippen LogP contribution in [0.5, 0.6) is 11.5 Å². The highest BCUT2D eigenvalue weighted by Gasteiger charge is 2.14. The van der Waals surface area contributed by atoms with Gasteiger partial charge >= 0.3 is 6.03 Å². The summed E-state index contributed by atoms with van der Waals surface area (Å²) in [7, 11) is 1.59. The SMILES string of the molecule is CCN(C(=O)Nc1ccc(OC)cc1)c1cccc(O)c1. The van der Waals surface area contributed by atoms with E-state index in [0.717, 1.165) is 5.75 Å². The van der Waals surface area contributed by atoms with Gasteiger partial charge in [-0.2, -0.15) is 0 Å². The Labute approximate surface area is 123 Å². The van der Waals surface area contributed by atoms with Gasteiger partial charge < -0.3 is 15.2 Å². The molecule has 2 amide bonds. The number of rotatable bonds is 4. The van der Waals surface area contributed by atoms with Gasteiger partial charge in [0.05, 0.1) is 7.11 Å². The summed E-state index contributed by atoms with van der Waals surface area (Å²) in [6.45, 7) is 2.36. The number of ether oxygens (including phenoxy) is 1. The van der Waals surface area contributed by atoms with Gasteiger partial charge in [-0.05, 0) is 43.3 Å². The minimum Gasteiger partial charge on any atom is -0.508 e. The lowest BCUT2D eigenvalue weighted by molar-refractivity contribution is 0.257. The van der Waals surface area contributed by atoms with Crippen molar-refractivity contribution in [2.45, 2.75) is 6.92 Å². The van der Waals surface area contributed by atoms with Crippen LogP contribution in [0.3, 0.4) is 0 Å². The maximum absolute atomic E-state index is 12.3. The molecular weight excluding hydrogens is 268 g/mol. The molecule has 0 unspecified atom stereocenters. The zero-order valence-corrected chi connectivity index (χ0v) is 12.0. The number of phenols is 1. The van der Waals surface area contributed by atoms with Gasteiger partial charge in [0, 0.05) is 24.0 Å². The largest absolute Gasteiger partial charge is 0.508 e. The first kappa shape index (κ1) is 14.7.